The maximum absolute atomic E-state index is 12.1. The van der Waals surface area contributed by atoms with Crippen LogP contribution in [0.1, 0.15) is 38.7 Å². The van der Waals surface area contributed by atoms with Crippen LogP contribution in [0.3, 0.4) is 0 Å². The molecule has 0 aromatic heterocycles. The number of hydrogen-bond acceptors (Lipinski definition) is 3. The average Bonchev–Trinajstić information content (AvgIpc) is 2.54. The lowest BCUT2D eigenvalue weighted by Crippen LogP contribution is -2.50. The van der Waals surface area contributed by atoms with Gasteiger partial charge < -0.3 is 16.0 Å². The second-order valence-corrected chi connectivity index (χ2v) is 7.10. The van der Waals surface area contributed by atoms with Crippen LogP contribution >= 0.6 is 24.8 Å². The molecule has 1 aromatic rings. The van der Waals surface area contributed by atoms with Crippen molar-refractivity contribution in [2.24, 2.45) is 11.7 Å². The fourth-order valence-electron chi connectivity index (χ4n) is 3.16. The zero-order valence-corrected chi connectivity index (χ0v) is 17.0. The molecule has 1 amide bonds. The van der Waals surface area contributed by atoms with Crippen molar-refractivity contribution in [3.8, 4) is 0 Å². The van der Waals surface area contributed by atoms with E-state index in [2.05, 4.69) is 54.4 Å². The molecule has 0 saturated carbocycles. The zero-order valence-electron chi connectivity index (χ0n) is 15.3. The molecule has 1 fully saturated rings. The maximum atomic E-state index is 12.1. The fraction of sp³-hybridized carbons (Fsp3) is 0.632. The van der Waals surface area contributed by atoms with E-state index in [1.54, 1.807) is 0 Å². The van der Waals surface area contributed by atoms with Crippen LogP contribution in [0, 0.1) is 5.92 Å². The van der Waals surface area contributed by atoms with E-state index in [9.17, 15) is 4.79 Å². The first-order valence-corrected chi connectivity index (χ1v) is 8.87. The lowest BCUT2D eigenvalue weighted by molar-refractivity contribution is -0.123. The van der Waals surface area contributed by atoms with Crippen molar-refractivity contribution >= 4 is 30.7 Å². The van der Waals surface area contributed by atoms with Crippen LogP contribution in [0.15, 0.2) is 30.3 Å². The van der Waals surface area contributed by atoms with Gasteiger partial charge in [0.2, 0.25) is 5.91 Å². The summed E-state index contributed by atoms with van der Waals surface area (Å²) in [5.41, 5.74) is 7.34. The number of amides is 1. The Morgan fingerprint density at radius 1 is 1.20 bits per heavy atom. The number of nitrogens with zero attached hydrogens (tertiary/aromatic N) is 1. The molecule has 0 aliphatic carbocycles. The molecule has 2 rings (SSSR count). The molecule has 1 saturated heterocycles. The van der Waals surface area contributed by atoms with E-state index in [-0.39, 0.29) is 42.8 Å². The van der Waals surface area contributed by atoms with Gasteiger partial charge in [0.25, 0.3) is 0 Å². The average molecular weight is 390 g/mol. The van der Waals surface area contributed by atoms with E-state index >= 15 is 0 Å². The molecule has 25 heavy (non-hydrogen) atoms. The predicted octanol–water partition coefficient (Wildman–Crippen LogP) is 3.03. The third-order valence-corrected chi connectivity index (χ3v) is 4.56. The summed E-state index contributed by atoms with van der Waals surface area (Å²) in [6.07, 6.45) is 3.89. The summed E-state index contributed by atoms with van der Waals surface area (Å²) in [6.45, 7) is 7.39. The van der Waals surface area contributed by atoms with Crippen molar-refractivity contribution in [2.45, 2.75) is 51.6 Å². The number of benzene rings is 1. The highest BCUT2D eigenvalue weighted by atomic mass is 35.5. The lowest BCUT2D eigenvalue weighted by atomic mass is 10.0. The van der Waals surface area contributed by atoms with Crippen molar-refractivity contribution in [1.29, 1.82) is 0 Å². The second-order valence-electron chi connectivity index (χ2n) is 7.10. The van der Waals surface area contributed by atoms with Crippen LogP contribution in [-0.2, 0) is 11.2 Å². The van der Waals surface area contributed by atoms with Gasteiger partial charge in [0.1, 0.15) is 0 Å². The lowest BCUT2D eigenvalue weighted by Gasteiger charge is -2.33. The van der Waals surface area contributed by atoms with E-state index in [1.165, 1.54) is 5.56 Å². The molecule has 0 radical (unpaired) electrons. The number of piperidine rings is 1. The number of carbonyl (C=O) groups excluding carboxylic acids is 1. The molecule has 144 valence electrons. The summed E-state index contributed by atoms with van der Waals surface area (Å²) in [5, 5.41) is 3.13. The first-order chi connectivity index (χ1) is 11.0. The first-order valence-electron chi connectivity index (χ1n) is 8.87. The number of carbonyl (C=O) groups is 1. The van der Waals surface area contributed by atoms with Crippen molar-refractivity contribution in [3.05, 3.63) is 35.9 Å². The molecular weight excluding hydrogens is 357 g/mol. The molecule has 1 aliphatic heterocycles. The van der Waals surface area contributed by atoms with Gasteiger partial charge in [0.15, 0.2) is 0 Å². The number of nitrogens with two attached hydrogens (primary N) is 1. The van der Waals surface area contributed by atoms with E-state index in [4.69, 9.17) is 5.73 Å². The van der Waals surface area contributed by atoms with Gasteiger partial charge >= 0.3 is 0 Å². The third-order valence-electron chi connectivity index (χ3n) is 4.56. The molecule has 1 aliphatic rings. The summed E-state index contributed by atoms with van der Waals surface area (Å²) < 4.78 is 0. The molecule has 0 unspecified atom stereocenters. The van der Waals surface area contributed by atoms with E-state index in [1.807, 2.05) is 0 Å². The Morgan fingerprint density at radius 3 is 2.36 bits per heavy atom. The quantitative estimate of drug-likeness (QED) is 0.753. The van der Waals surface area contributed by atoms with Crippen molar-refractivity contribution in [2.75, 3.05) is 19.6 Å². The SMILES string of the molecule is CC(C)C[C@H](N)C(=O)NC1CCN(CCc2ccccc2)CC1.Cl.Cl. The largest absolute Gasteiger partial charge is 0.352 e. The summed E-state index contributed by atoms with van der Waals surface area (Å²) in [6, 6.07) is 10.5. The fourth-order valence-corrected chi connectivity index (χ4v) is 3.16. The Balaban J connectivity index is 0.00000288. The molecule has 1 aromatic carbocycles. The highest BCUT2D eigenvalue weighted by Crippen LogP contribution is 2.12. The number of hydrogen-bond donors (Lipinski definition) is 2. The highest BCUT2D eigenvalue weighted by molar-refractivity contribution is 5.85. The Kier molecular flexibility index (Phi) is 12.1. The molecule has 0 bridgehead atoms. The zero-order chi connectivity index (χ0) is 16.7. The standard InChI is InChI=1S/C19H31N3O.2ClH/c1-15(2)14-18(20)19(23)21-17-9-12-22(13-10-17)11-8-16-6-4-3-5-7-16;;/h3-7,15,17-18H,8-14,20H2,1-2H3,(H,21,23);2*1H/t18-;;/m0../s1. The van der Waals surface area contributed by atoms with Crippen LogP contribution in [-0.4, -0.2) is 42.5 Å². The Hall–Kier alpha value is -0.810. The number of halogens is 2. The minimum Gasteiger partial charge on any atom is -0.352 e. The number of likely N-dealkylation sites (tertiary alicyclic amines) is 1. The van der Waals surface area contributed by atoms with Gasteiger partial charge in [0.05, 0.1) is 6.04 Å². The van der Waals surface area contributed by atoms with Gasteiger partial charge in [0, 0.05) is 25.7 Å². The van der Waals surface area contributed by atoms with Crippen LogP contribution in [0.4, 0.5) is 0 Å². The van der Waals surface area contributed by atoms with Crippen LogP contribution < -0.4 is 11.1 Å². The van der Waals surface area contributed by atoms with Gasteiger partial charge in [-0.05, 0) is 37.2 Å². The summed E-state index contributed by atoms with van der Waals surface area (Å²) >= 11 is 0. The highest BCUT2D eigenvalue weighted by Gasteiger charge is 2.23. The smallest absolute Gasteiger partial charge is 0.237 e. The number of rotatable bonds is 7. The third kappa shape index (κ3) is 8.91. The molecule has 1 heterocycles. The van der Waals surface area contributed by atoms with E-state index in [0.717, 1.165) is 45.3 Å². The van der Waals surface area contributed by atoms with Crippen LogP contribution in [0.5, 0.6) is 0 Å². The molecule has 1 atom stereocenters. The van der Waals surface area contributed by atoms with Crippen molar-refractivity contribution < 1.29 is 4.79 Å². The minimum atomic E-state index is -0.369. The van der Waals surface area contributed by atoms with Gasteiger partial charge in [-0.25, -0.2) is 0 Å². The normalized spacial score (nSPS) is 16.6. The molecule has 4 nitrogen and oxygen atoms in total. The summed E-state index contributed by atoms with van der Waals surface area (Å²) in [4.78, 5) is 14.6. The summed E-state index contributed by atoms with van der Waals surface area (Å²) in [5.74, 6) is 0.469. The second kappa shape index (κ2) is 12.5. The van der Waals surface area contributed by atoms with E-state index < -0.39 is 0 Å². The molecule has 3 N–H and O–H groups in total. The van der Waals surface area contributed by atoms with E-state index in [0.29, 0.717) is 5.92 Å². The number of nitrogens with one attached hydrogen (secondary N) is 1. The predicted molar refractivity (Wildman–Crippen MR) is 110 cm³/mol. The van der Waals surface area contributed by atoms with Crippen LogP contribution in [0.25, 0.3) is 0 Å². The monoisotopic (exact) mass is 389 g/mol. The Morgan fingerprint density at radius 2 is 1.80 bits per heavy atom. The van der Waals surface area contributed by atoms with Gasteiger partial charge in [-0.2, -0.15) is 0 Å². The van der Waals surface area contributed by atoms with Gasteiger partial charge in [-0.15, -0.1) is 24.8 Å². The van der Waals surface area contributed by atoms with Gasteiger partial charge in [-0.3, -0.25) is 4.79 Å². The molecule has 6 heteroatoms. The Labute approximate surface area is 164 Å². The topological polar surface area (TPSA) is 58.4 Å². The first kappa shape index (κ1) is 24.2. The molecular formula is C19H33Cl2N3O. The maximum Gasteiger partial charge on any atom is 0.237 e. The molecule has 0 spiro atoms. The Bertz CT molecular complexity index is 477. The van der Waals surface area contributed by atoms with Crippen LogP contribution in [0.2, 0.25) is 0 Å². The van der Waals surface area contributed by atoms with Crippen molar-refractivity contribution in [1.82, 2.24) is 10.2 Å². The minimum absolute atomic E-state index is 0. The van der Waals surface area contributed by atoms with Gasteiger partial charge in [-0.1, -0.05) is 44.2 Å². The van der Waals surface area contributed by atoms with Crippen molar-refractivity contribution in [3.63, 3.8) is 0 Å². The summed E-state index contributed by atoms with van der Waals surface area (Å²) in [7, 11) is 0.